The Kier molecular flexibility index (Phi) is 2.22. The van der Waals surface area contributed by atoms with Crippen molar-refractivity contribution in [3.63, 3.8) is 0 Å². The fraction of sp³-hybridized carbons (Fsp3) is 0.667. The van der Waals surface area contributed by atoms with E-state index in [1.54, 1.807) is 6.08 Å². The number of ether oxygens (including phenoxy) is 1. The Labute approximate surface area is 80.1 Å². The molecule has 0 aromatic rings. The quantitative estimate of drug-likeness (QED) is 0.596. The lowest BCUT2D eigenvalue weighted by atomic mass is 9.82. The van der Waals surface area contributed by atoms with Gasteiger partial charge in [-0.2, -0.15) is 0 Å². The Morgan fingerprint density at radius 1 is 1.50 bits per heavy atom. The van der Waals surface area contributed by atoms with Crippen LogP contribution in [0.15, 0.2) is 12.3 Å². The van der Waals surface area contributed by atoms with Crippen molar-refractivity contribution in [2.24, 2.45) is 5.92 Å². The predicted octanol–water partition coefficient (Wildman–Crippen LogP) is 2.03. The van der Waals surface area contributed by atoms with Crippen LogP contribution in [-0.2, 0) is 9.53 Å². The minimum Gasteiger partial charge on any atom is -0.497 e. The second-order valence-electron chi connectivity index (χ2n) is 3.40. The van der Waals surface area contributed by atoms with Crippen LogP contribution in [0.4, 0.5) is 0 Å². The van der Waals surface area contributed by atoms with Gasteiger partial charge in [0.25, 0.3) is 0 Å². The number of rotatable bonds is 0. The largest absolute Gasteiger partial charge is 0.497 e. The SMILES string of the molecule is O=C1C=COC2CCC(Br)CC12. The van der Waals surface area contributed by atoms with E-state index in [4.69, 9.17) is 4.74 Å². The second kappa shape index (κ2) is 3.21. The molecule has 2 aliphatic rings. The van der Waals surface area contributed by atoms with Gasteiger partial charge in [0, 0.05) is 10.9 Å². The summed E-state index contributed by atoms with van der Waals surface area (Å²) in [6.45, 7) is 0. The maximum atomic E-state index is 11.4. The molecule has 0 aromatic heterocycles. The third-order valence-corrected chi connectivity index (χ3v) is 3.41. The predicted molar refractivity (Wildman–Crippen MR) is 49.1 cm³/mol. The summed E-state index contributed by atoms with van der Waals surface area (Å²) in [7, 11) is 0. The zero-order valence-corrected chi connectivity index (χ0v) is 8.29. The van der Waals surface area contributed by atoms with E-state index in [0.717, 1.165) is 19.3 Å². The maximum absolute atomic E-state index is 11.4. The summed E-state index contributed by atoms with van der Waals surface area (Å²) in [5, 5.41) is 0. The molecule has 1 saturated carbocycles. The van der Waals surface area contributed by atoms with E-state index in [0.29, 0.717) is 4.83 Å². The van der Waals surface area contributed by atoms with Gasteiger partial charge in [0.15, 0.2) is 5.78 Å². The van der Waals surface area contributed by atoms with Crippen molar-refractivity contribution >= 4 is 21.7 Å². The lowest BCUT2D eigenvalue weighted by Crippen LogP contribution is -2.37. The summed E-state index contributed by atoms with van der Waals surface area (Å²) in [6, 6.07) is 0. The molecule has 12 heavy (non-hydrogen) atoms. The highest BCUT2D eigenvalue weighted by Crippen LogP contribution is 2.33. The van der Waals surface area contributed by atoms with E-state index in [9.17, 15) is 4.79 Å². The number of fused-ring (bicyclic) bond motifs is 1. The minimum absolute atomic E-state index is 0.105. The van der Waals surface area contributed by atoms with E-state index in [1.165, 1.54) is 6.26 Å². The minimum atomic E-state index is 0.105. The van der Waals surface area contributed by atoms with E-state index in [-0.39, 0.29) is 17.8 Å². The van der Waals surface area contributed by atoms with Gasteiger partial charge in [0.1, 0.15) is 6.10 Å². The molecule has 0 saturated heterocycles. The molecule has 1 aliphatic carbocycles. The third kappa shape index (κ3) is 1.42. The lowest BCUT2D eigenvalue weighted by Gasteiger charge is -2.33. The molecule has 0 radical (unpaired) electrons. The van der Waals surface area contributed by atoms with Crippen molar-refractivity contribution in [2.75, 3.05) is 0 Å². The maximum Gasteiger partial charge on any atom is 0.165 e. The Morgan fingerprint density at radius 2 is 2.33 bits per heavy atom. The normalized spacial score (nSPS) is 40.4. The summed E-state index contributed by atoms with van der Waals surface area (Å²) in [5.74, 6) is 0.337. The van der Waals surface area contributed by atoms with Crippen LogP contribution in [0.2, 0.25) is 0 Å². The van der Waals surface area contributed by atoms with Gasteiger partial charge in [0.2, 0.25) is 0 Å². The second-order valence-corrected chi connectivity index (χ2v) is 4.69. The smallest absolute Gasteiger partial charge is 0.165 e. The topological polar surface area (TPSA) is 26.3 Å². The molecular formula is C9H11BrO2. The highest BCUT2D eigenvalue weighted by molar-refractivity contribution is 9.09. The van der Waals surface area contributed by atoms with Crippen LogP contribution < -0.4 is 0 Å². The highest BCUT2D eigenvalue weighted by Gasteiger charge is 2.35. The monoisotopic (exact) mass is 230 g/mol. The summed E-state index contributed by atoms with van der Waals surface area (Å²) >= 11 is 3.55. The Bertz CT molecular complexity index is 225. The lowest BCUT2D eigenvalue weighted by molar-refractivity contribution is -0.125. The molecule has 3 heteroatoms. The van der Waals surface area contributed by atoms with Gasteiger partial charge < -0.3 is 4.74 Å². The van der Waals surface area contributed by atoms with Gasteiger partial charge >= 0.3 is 0 Å². The van der Waals surface area contributed by atoms with Crippen molar-refractivity contribution in [2.45, 2.75) is 30.2 Å². The van der Waals surface area contributed by atoms with E-state index >= 15 is 0 Å². The molecule has 0 spiro atoms. The fourth-order valence-corrected chi connectivity index (χ4v) is 2.55. The Balaban J connectivity index is 2.13. The molecule has 0 bridgehead atoms. The number of alkyl halides is 1. The Hall–Kier alpha value is -0.310. The molecule has 3 atom stereocenters. The molecule has 2 rings (SSSR count). The van der Waals surface area contributed by atoms with Crippen molar-refractivity contribution in [1.82, 2.24) is 0 Å². The highest BCUT2D eigenvalue weighted by atomic mass is 79.9. The average molecular weight is 231 g/mol. The van der Waals surface area contributed by atoms with Crippen molar-refractivity contribution < 1.29 is 9.53 Å². The molecule has 1 heterocycles. The van der Waals surface area contributed by atoms with Gasteiger partial charge in [-0.3, -0.25) is 4.79 Å². The van der Waals surface area contributed by atoms with Crippen molar-refractivity contribution in [1.29, 1.82) is 0 Å². The number of carbonyl (C=O) groups is 1. The van der Waals surface area contributed by atoms with E-state index in [1.807, 2.05) is 0 Å². The van der Waals surface area contributed by atoms with E-state index in [2.05, 4.69) is 15.9 Å². The number of hydrogen-bond donors (Lipinski definition) is 0. The standard InChI is InChI=1S/C9H11BrO2/c10-6-1-2-9-7(5-6)8(11)3-4-12-9/h3-4,6-7,9H,1-2,5H2. The zero-order chi connectivity index (χ0) is 8.55. The number of hydrogen-bond acceptors (Lipinski definition) is 2. The third-order valence-electron chi connectivity index (χ3n) is 2.57. The molecule has 1 fully saturated rings. The summed E-state index contributed by atoms with van der Waals surface area (Å²) < 4.78 is 5.38. The number of allylic oxidation sites excluding steroid dienone is 1. The molecule has 2 nitrogen and oxygen atoms in total. The molecule has 66 valence electrons. The molecule has 0 aromatic carbocycles. The molecule has 3 unspecified atom stereocenters. The number of carbonyl (C=O) groups excluding carboxylic acids is 1. The summed E-state index contributed by atoms with van der Waals surface area (Å²) in [5.41, 5.74) is 0. The van der Waals surface area contributed by atoms with E-state index < -0.39 is 0 Å². The first-order chi connectivity index (χ1) is 5.77. The first kappa shape index (κ1) is 8.30. The van der Waals surface area contributed by atoms with Crippen LogP contribution in [0.25, 0.3) is 0 Å². The average Bonchev–Trinajstić information content (AvgIpc) is 2.07. The van der Waals surface area contributed by atoms with Gasteiger partial charge in [0.05, 0.1) is 12.2 Å². The fourth-order valence-electron chi connectivity index (χ4n) is 1.88. The molecular weight excluding hydrogens is 220 g/mol. The molecule has 0 N–H and O–H groups in total. The van der Waals surface area contributed by atoms with Crippen LogP contribution in [0.1, 0.15) is 19.3 Å². The van der Waals surface area contributed by atoms with Crippen molar-refractivity contribution in [3.8, 4) is 0 Å². The first-order valence-electron chi connectivity index (χ1n) is 4.27. The van der Waals surface area contributed by atoms with Crippen LogP contribution in [-0.4, -0.2) is 16.7 Å². The van der Waals surface area contributed by atoms with Crippen LogP contribution in [0, 0.1) is 5.92 Å². The van der Waals surface area contributed by atoms with Gasteiger partial charge in [-0.25, -0.2) is 0 Å². The summed E-state index contributed by atoms with van der Waals surface area (Å²) in [6.07, 6.45) is 6.27. The van der Waals surface area contributed by atoms with Crippen LogP contribution in [0.3, 0.4) is 0 Å². The zero-order valence-electron chi connectivity index (χ0n) is 6.70. The van der Waals surface area contributed by atoms with Gasteiger partial charge in [-0.15, -0.1) is 0 Å². The number of halogens is 1. The number of ketones is 1. The Morgan fingerprint density at radius 3 is 3.17 bits per heavy atom. The van der Waals surface area contributed by atoms with Gasteiger partial charge in [-0.05, 0) is 19.3 Å². The first-order valence-corrected chi connectivity index (χ1v) is 5.19. The summed E-state index contributed by atoms with van der Waals surface area (Å²) in [4.78, 5) is 11.9. The molecule has 0 amide bonds. The van der Waals surface area contributed by atoms with Crippen molar-refractivity contribution in [3.05, 3.63) is 12.3 Å². The van der Waals surface area contributed by atoms with Crippen LogP contribution >= 0.6 is 15.9 Å². The molecule has 1 aliphatic heterocycles. The van der Waals surface area contributed by atoms with Gasteiger partial charge in [-0.1, -0.05) is 15.9 Å². The van der Waals surface area contributed by atoms with Crippen LogP contribution in [0.5, 0.6) is 0 Å².